The molecule has 134 valence electrons. The van der Waals surface area contributed by atoms with Gasteiger partial charge in [0, 0.05) is 6.07 Å². The van der Waals surface area contributed by atoms with E-state index < -0.39 is 18.5 Å². The van der Waals surface area contributed by atoms with E-state index in [4.69, 9.17) is 20.9 Å². The summed E-state index contributed by atoms with van der Waals surface area (Å²) in [5.74, 6) is -1.12. The van der Waals surface area contributed by atoms with Crippen molar-refractivity contribution in [2.24, 2.45) is 0 Å². The minimum atomic E-state index is -0.737. The highest BCUT2D eigenvalue weighted by atomic mass is 35.5. The number of benzene rings is 1. The van der Waals surface area contributed by atoms with E-state index in [0.29, 0.717) is 17.1 Å². The van der Waals surface area contributed by atoms with Crippen LogP contribution in [-0.4, -0.2) is 33.4 Å². The average Bonchev–Trinajstić information content (AvgIpc) is 3.16. The molecular formula is C17H15ClN4O4. The lowest BCUT2D eigenvalue weighted by Gasteiger charge is -2.05. The maximum Gasteiger partial charge on any atom is 0.343 e. The number of anilines is 1. The number of aryl methyl sites for hydroxylation is 2. The highest BCUT2D eigenvalue weighted by Crippen LogP contribution is 2.24. The number of halogens is 1. The average molecular weight is 375 g/mol. The first-order valence-corrected chi connectivity index (χ1v) is 8.04. The predicted molar refractivity (Wildman–Crippen MR) is 93.5 cm³/mol. The Balaban J connectivity index is 1.68. The number of nitrogens with zero attached hydrogens (tertiary/aromatic N) is 3. The molecule has 0 fully saturated rings. The van der Waals surface area contributed by atoms with Crippen LogP contribution in [0.1, 0.15) is 21.7 Å². The Morgan fingerprint density at radius 3 is 2.65 bits per heavy atom. The lowest BCUT2D eigenvalue weighted by atomic mass is 10.2. The molecule has 3 rings (SSSR count). The summed E-state index contributed by atoms with van der Waals surface area (Å²) < 4.78 is 11.3. The lowest BCUT2D eigenvalue weighted by molar-refractivity contribution is -0.119. The molecule has 0 saturated carbocycles. The third-order valence-electron chi connectivity index (χ3n) is 3.43. The summed E-state index contributed by atoms with van der Waals surface area (Å²) in [6.07, 6.45) is 0. The van der Waals surface area contributed by atoms with Gasteiger partial charge in [0.2, 0.25) is 5.88 Å². The van der Waals surface area contributed by atoms with Gasteiger partial charge in [0.1, 0.15) is 10.7 Å². The van der Waals surface area contributed by atoms with Crippen LogP contribution in [-0.2, 0) is 9.53 Å². The molecule has 0 aliphatic rings. The van der Waals surface area contributed by atoms with Crippen LogP contribution in [0.25, 0.3) is 5.69 Å². The molecule has 26 heavy (non-hydrogen) atoms. The fraction of sp³-hybridized carbons (Fsp3) is 0.176. The molecule has 8 nitrogen and oxygen atoms in total. The minimum absolute atomic E-state index is 0.110. The number of aromatic nitrogens is 3. The summed E-state index contributed by atoms with van der Waals surface area (Å²) in [4.78, 5) is 24.1. The zero-order chi connectivity index (χ0) is 18.7. The first kappa shape index (κ1) is 17.7. The van der Waals surface area contributed by atoms with E-state index in [1.54, 1.807) is 32.0 Å². The maximum absolute atomic E-state index is 12.3. The van der Waals surface area contributed by atoms with Crippen LogP contribution >= 0.6 is 11.6 Å². The fourth-order valence-electron chi connectivity index (χ4n) is 2.27. The van der Waals surface area contributed by atoms with Crippen LogP contribution in [0.4, 0.5) is 5.88 Å². The summed E-state index contributed by atoms with van der Waals surface area (Å²) >= 11 is 6.28. The summed E-state index contributed by atoms with van der Waals surface area (Å²) in [6, 6.07) is 10.7. The molecule has 3 aromatic rings. The first-order chi connectivity index (χ1) is 12.5. The molecule has 0 spiro atoms. The van der Waals surface area contributed by atoms with Gasteiger partial charge in [-0.3, -0.25) is 10.1 Å². The Morgan fingerprint density at radius 2 is 2.00 bits per heavy atom. The van der Waals surface area contributed by atoms with E-state index in [0.717, 1.165) is 0 Å². The molecular weight excluding hydrogens is 360 g/mol. The van der Waals surface area contributed by atoms with Crippen LogP contribution in [0.3, 0.4) is 0 Å². The largest absolute Gasteiger partial charge is 0.452 e. The number of amides is 1. The Hall–Kier alpha value is -3.13. The van der Waals surface area contributed by atoms with Gasteiger partial charge in [-0.15, -0.1) is 0 Å². The first-order valence-electron chi connectivity index (χ1n) is 7.66. The van der Waals surface area contributed by atoms with Crippen molar-refractivity contribution >= 4 is 29.4 Å². The molecule has 0 unspecified atom stereocenters. The minimum Gasteiger partial charge on any atom is -0.452 e. The predicted octanol–water partition coefficient (Wildman–Crippen LogP) is 2.93. The van der Waals surface area contributed by atoms with E-state index in [9.17, 15) is 9.59 Å². The Labute approximate surface area is 153 Å². The van der Waals surface area contributed by atoms with E-state index in [1.165, 1.54) is 4.68 Å². The highest BCUT2D eigenvalue weighted by molar-refractivity contribution is 6.33. The standard InChI is InChI=1S/C17H15ClN4O4/c1-10-8-14(26-21-10)19-13(23)9-25-17(24)15-11(2)20-22(16(15)18)12-6-4-3-5-7-12/h3-8H,9H2,1-2H3,(H,19,23). The van der Waals surface area contributed by atoms with Crippen molar-refractivity contribution in [3.63, 3.8) is 0 Å². The topological polar surface area (TPSA) is 99.2 Å². The van der Waals surface area contributed by atoms with Gasteiger partial charge in [0.05, 0.1) is 17.1 Å². The van der Waals surface area contributed by atoms with Crippen LogP contribution in [0.5, 0.6) is 0 Å². The van der Waals surface area contributed by atoms with Gasteiger partial charge in [-0.05, 0) is 26.0 Å². The molecule has 1 N–H and O–H groups in total. The van der Waals surface area contributed by atoms with E-state index >= 15 is 0 Å². The molecule has 0 radical (unpaired) electrons. The second-order valence-electron chi connectivity index (χ2n) is 5.46. The van der Waals surface area contributed by atoms with Gasteiger partial charge in [0.15, 0.2) is 6.61 Å². The Bertz CT molecular complexity index is 949. The normalized spacial score (nSPS) is 10.6. The summed E-state index contributed by atoms with van der Waals surface area (Å²) in [6.45, 7) is 2.86. The molecule has 0 aliphatic heterocycles. The number of ether oxygens (including phenoxy) is 1. The fourth-order valence-corrected chi connectivity index (χ4v) is 2.62. The van der Waals surface area contributed by atoms with Crippen molar-refractivity contribution < 1.29 is 18.8 Å². The van der Waals surface area contributed by atoms with Gasteiger partial charge < -0.3 is 9.26 Å². The Morgan fingerprint density at radius 1 is 1.27 bits per heavy atom. The number of rotatable bonds is 5. The molecule has 0 atom stereocenters. The zero-order valence-electron chi connectivity index (χ0n) is 14.0. The van der Waals surface area contributed by atoms with Crippen molar-refractivity contribution in [3.05, 3.63) is 58.5 Å². The van der Waals surface area contributed by atoms with Crippen LogP contribution in [0.2, 0.25) is 5.15 Å². The number of hydrogen-bond acceptors (Lipinski definition) is 6. The van der Waals surface area contributed by atoms with Crippen molar-refractivity contribution in [2.75, 3.05) is 11.9 Å². The summed E-state index contributed by atoms with van der Waals surface area (Å²) in [5.41, 5.74) is 1.83. The smallest absolute Gasteiger partial charge is 0.343 e. The van der Waals surface area contributed by atoms with E-state index in [1.807, 2.05) is 18.2 Å². The van der Waals surface area contributed by atoms with Gasteiger partial charge in [-0.1, -0.05) is 35.0 Å². The van der Waals surface area contributed by atoms with Crippen LogP contribution in [0, 0.1) is 13.8 Å². The van der Waals surface area contributed by atoms with Crippen molar-refractivity contribution in [1.29, 1.82) is 0 Å². The van der Waals surface area contributed by atoms with Gasteiger partial charge in [-0.2, -0.15) is 5.10 Å². The summed E-state index contributed by atoms with van der Waals surface area (Å²) in [5, 5.41) is 10.4. The molecule has 9 heteroatoms. The number of nitrogens with one attached hydrogen (secondary N) is 1. The third-order valence-corrected chi connectivity index (χ3v) is 3.78. The van der Waals surface area contributed by atoms with Crippen LogP contribution < -0.4 is 5.32 Å². The molecule has 1 amide bonds. The maximum atomic E-state index is 12.3. The number of hydrogen-bond donors (Lipinski definition) is 1. The monoisotopic (exact) mass is 374 g/mol. The number of carbonyl (C=O) groups is 2. The highest BCUT2D eigenvalue weighted by Gasteiger charge is 2.23. The van der Waals surface area contributed by atoms with E-state index in [-0.39, 0.29) is 16.6 Å². The molecule has 0 bridgehead atoms. The van der Waals surface area contributed by atoms with Crippen molar-refractivity contribution in [3.8, 4) is 5.69 Å². The third kappa shape index (κ3) is 3.75. The van der Waals surface area contributed by atoms with Crippen molar-refractivity contribution in [1.82, 2.24) is 14.9 Å². The van der Waals surface area contributed by atoms with Gasteiger partial charge in [0.25, 0.3) is 5.91 Å². The number of esters is 1. The van der Waals surface area contributed by atoms with E-state index in [2.05, 4.69) is 15.6 Å². The molecule has 0 saturated heterocycles. The molecule has 2 aromatic heterocycles. The summed E-state index contributed by atoms with van der Waals surface area (Å²) in [7, 11) is 0. The zero-order valence-corrected chi connectivity index (χ0v) is 14.8. The Kier molecular flexibility index (Phi) is 5.04. The van der Waals surface area contributed by atoms with Crippen LogP contribution in [0.15, 0.2) is 40.9 Å². The number of carbonyl (C=O) groups excluding carboxylic acids is 2. The van der Waals surface area contributed by atoms with Gasteiger partial charge >= 0.3 is 5.97 Å². The second kappa shape index (κ2) is 7.40. The molecule has 1 aromatic carbocycles. The lowest BCUT2D eigenvalue weighted by Crippen LogP contribution is -2.21. The van der Waals surface area contributed by atoms with Crippen molar-refractivity contribution in [2.45, 2.75) is 13.8 Å². The SMILES string of the molecule is Cc1cc(NC(=O)COC(=O)c2c(C)nn(-c3ccccc3)c2Cl)on1. The second-order valence-corrected chi connectivity index (χ2v) is 5.81. The van der Waals surface area contributed by atoms with Gasteiger partial charge in [-0.25, -0.2) is 9.48 Å². The number of para-hydroxylation sites is 1. The quantitative estimate of drug-likeness (QED) is 0.689. The molecule has 0 aliphatic carbocycles. The molecule has 2 heterocycles.